The van der Waals surface area contributed by atoms with Crippen LogP contribution < -0.4 is 21.6 Å². The quantitative estimate of drug-likeness (QED) is 0.0164. The number of allylic oxidation sites excluding steroid dienone is 4. The van der Waals surface area contributed by atoms with E-state index in [4.69, 9.17) is 99.7 Å². The monoisotopic (exact) mass is 1970 g/mol. The first-order valence-electron chi connectivity index (χ1n) is 51.8. The van der Waals surface area contributed by atoms with E-state index in [9.17, 15) is 39.6 Å². The van der Waals surface area contributed by atoms with Crippen molar-refractivity contribution in [1.82, 2.24) is 21.6 Å². The number of unbranched alkanes of at least 4 members (excludes halogenated alkanes) is 3. The molecule has 8 saturated heterocycles. The van der Waals surface area contributed by atoms with Crippen molar-refractivity contribution in [3.05, 3.63) is 119 Å². The maximum absolute atomic E-state index is 14.4. The van der Waals surface area contributed by atoms with E-state index >= 15 is 0 Å². The van der Waals surface area contributed by atoms with E-state index in [0.29, 0.717) is 93.2 Å². The molecule has 2 spiro atoms. The average Bonchev–Trinajstić information content (AvgIpc) is 1.56. The molecule has 8 fully saturated rings. The maximum Gasteiger partial charge on any atom is 0.338 e. The summed E-state index contributed by atoms with van der Waals surface area (Å²) in [6.07, 6.45) is 24.3. The maximum atomic E-state index is 14.4. The Kier molecular flexibility index (Phi) is 39.6. The van der Waals surface area contributed by atoms with Crippen LogP contribution in [-0.4, -0.2) is 294 Å². The zero-order valence-corrected chi connectivity index (χ0v) is 86.7. The molecule has 2 aliphatic carbocycles. The molecule has 0 saturated carbocycles. The first-order chi connectivity index (χ1) is 66.8. The number of rotatable bonds is 27. The van der Waals surface area contributed by atoms with Gasteiger partial charge < -0.3 is 121 Å². The standard InChI is InChI=1S/C57H89N3O16.C50H77NO13/c1-12-32(2)50-35(5)22-23-56(75-50)30-42-27-41(74-56)21-20-34(4)49(33(3)18-17-19-40-31-68-53-48(62)36(6)26-43(54(63)71-42)57(40,53)65)72-46-28-44(66-10)51(37(7)69-46)73-47-29-45(67-11)52(38(8)70-47)76-60-55(64)59-25-16-14-13-15-24-58-39(9)61;1-12-27(2)45-30(5)18-19-49(63-45)25-37-21-35(62-49)17-16-29(4)44(28(3)14-13-15-34-26-57-47-43(52)31(6)20-39(48(53)60-37)50(34,47)54)61-42-24-40(55-10)38(32(7)59-42)22-36-23-41(56-11)46(64-51-9)33(8)58-36/h17-20,22-23,26,32-33,35,37-38,41-53,62,65H,12-16,21,24-25,27-31H2,1-11H3,(H,58,61)(H2,59,60,64);13-16,18-20,27-28,30,32-33,35-47,51-52,54H,12,17,21-26H2,1-11H3/b18-17+,34-20+,40-19+;14-13+,29-16+,34-15+/t32-,33-,35-,37-,38-,41+,42-,43?,44-,45-,46-,47-,48+,49-,50+,51-,52+,53+,56+,57+;27-,28-,30-,32-,33-,35+,36-,37-,38?,39-,40-,41-,42-,43+,44?,45+,46+,47+,49+,50+/m00/s1. The Morgan fingerprint density at radius 2 is 0.929 bits per heavy atom. The lowest BCUT2D eigenvalue weighted by molar-refractivity contribution is -0.322. The molecule has 14 rings (SSSR count). The molecule has 12 heterocycles. The van der Waals surface area contributed by atoms with Crippen molar-refractivity contribution in [3.8, 4) is 0 Å². The Hall–Kier alpha value is -5.88. The molecule has 140 heavy (non-hydrogen) atoms. The smallest absolute Gasteiger partial charge is 0.338 e. The van der Waals surface area contributed by atoms with Crippen LogP contribution in [0.4, 0.5) is 4.79 Å². The number of ether oxygens (including phenoxy) is 19. The second kappa shape index (κ2) is 49.7. The SMILES string of the molecule is CC[C@H](C)[C@H]1O[C@]2(C=C[C@@H]1C)C[C@@H]1C[C@@H](C/C=C(\C)C(O[C@H]3C[C@H](OC)C(C[C@H]4C[C@H](OC)[C@H](ONC)[C@H](C)O4)[C@H](C)O3)[C@@H](C)/C=C/C=C3\CO[C@@H]4[C@H](O)C(C)=C[C@@H](C(=O)O1)[C@]34O)O2.CC[C@H](C)[C@H]1O[C@]2(C=C[C@@H]1C)C[C@@H]1C[C@@H](C/C=C(\C)[C@@H](O[C@H]3C[C@H](OC)[C@@H](O[C@H]4C[C@H](OC)[C@H](ONC(=O)NCCCCCCNC(C)=O)[C@H](C)O4)[C@H](C)O3)[C@@H](C)/C=C/C=C3\CO[C@@H]4[C@H](O)C(C)=CC(C(=O)O1)[C@]34O)O2. The number of amides is 3. The Bertz CT molecular complexity index is 4420. The lowest BCUT2D eigenvalue weighted by Crippen LogP contribution is -2.58. The highest BCUT2D eigenvalue weighted by Gasteiger charge is 2.63. The predicted molar refractivity (Wildman–Crippen MR) is 518 cm³/mol. The van der Waals surface area contributed by atoms with Crippen molar-refractivity contribution in [3.63, 3.8) is 0 Å². The van der Waals surface area contributed by atoms with Gasteiger partial charge in [-0.2, -0.15) is 0 Å². The number of fused-ring (bicyclic) bond motifs is 4. The van der Waals surface area contributed by atoms with E-state index in [0.717, 1.165) is 56.1 Å². The summed E-state index contributed by atoms with van der Waals surface area (Å²) in [6.45, 7) is 35.3. The van der Waals surface area contributed by atoms with E-state index in [1.807, 2.05) is 64.2 Å². The molecular formula is C107H166N4O29. The van der Waals surface area contributed by atoms with Crippen LogP contribution in [0.1, 0.15) is 227 Å². The second-order valence-electron chi connectivity index (χ2n) is 42.0. The third kappa shape index (κ3) is 26.1. The van der Waals surface area contributed by atoms with Gasteiger partial charge in [0, 0.05) is 136 Å². The number of methoxy groups -OCH3 is 4. The van der Waals surface area contributed by atoms with Crippen LogP contribution in [0.15, 0.2) is 119 Å². The molecule has 0 aromatic rings. The number of aliphatic hydroxyl groups excluding tert-OH is 2. The Labute approximate surface area is 829 Å². The van der Waals surface area contributed by atoms with Gasteiger partial charge in [0.15, 0.2) is 30.4 Å². The number of hydroxylamine groups is 2. The minimum Gasteiger partial charge on any atom is -0.462 e. The second-order valence-corrected chi connectivity index (χ2v) is 42.0. The first kappa shape index (κ1) is 111. The molecule has 12 aliphatic heterocycles. The minimum absolute atomic E-state index is 0.0133. The van der Waals surface area contributed by atoms with Gasteiger partial charge in [-0.05, 0) is 145 Å². The van der Waals surface area contributed by atoms with Crippen molar-refractivity contribution < 1.29 is 139 Å². The number of carbonyl (C=O) groups excluding carboxylic acids is 4. The van der Waals surface area contributed by atoms with Crippen molar-refractivity contribution in [2.45, 2.75) is 415 Å². The summed E-state index contributed by atoms with van der Waals surface area (Å²) >= 11 is 0. The lowest BCUT2D eigenvalue weighted by atomic mass is 9.71. The van der Waals surface area contributed by atoms with Crippen LogP contribution in [0.25, 0.3) is 0 Å². The normalized spacial score (nSPS) is 44.8. The number of aliphatic hydroxyl groups is 4. The van der Waals surface area contributed by atoms with E-state index in [1.165, 1.54) is 6.92 Å². The highest BCUT2D eigenvalue weighted by Crippen LogP contribution is 2.52. The molecule has 8 N–H and O–H groups in total. The van der Waals surface area contributed by atoms with Crippen LogP contribution in [0.5, 0.6) is 0 Å². The van der Waals surface area contributed by atoms with Gasteiger partial charge in [-0.3, -0.25) is 24.1 Å². The van der Waals surface area contributed by atoms with Crippen molar-refractivity contribution >= 4 is 23.9 Å². The molecule has 4 bridgehead atoms. The number of nitrogens with one attached hydrogen (secondary N) is 4. The van der Waals surface area contributed by atoms with Crippen LogP contribution in [0.2, 0.25) is 0 Å². The fraction of sp³-hybridized carbons (Fsp3) is 0.776. The Balaban J connectivity index is 0.000000239. The van der Waals surface area contributed by atoms with Crippen molar-refractivity contribution in [2.24, 2.45) is 53.3 Å². The van der Waals surface area contributed by atoms with Gasteiger partial charge in [-0.1, -0.05) is 154 Å². The summed E-state index contributed by atoms with van der Waals surface area (Å²) < 4.78 is 123. The summed E-state index contributed by atoms with van der Waals surface area (Å²) in [5.41, 5.74) is 5.57. The molecule has 788 valence electrons. The van der Waals surface area contributed by atoms with Crippen LogP contribution in [0.3, 0.4) is 0 Å². The topological polar surface area (TPSA) is 391 Å². The molecule has 3 unspecified atom stereocenters. The summed E-state index contributed by atoms with van der Waals surface area (Å²) in [5, 5.41) is 53.3. The third-order valence-corrected chi connectivity index (χ3v) is 31.8. The number of urea groups is 1. The minimum atomic E-state index is -1.86. The molecule has 40 atom stereocenters. The van der Waals surface area contributed by atoms with Gasteiger partial charge in [0.1, 0.15) is 78.0 Å². The molecule has 0 radical (unpaired) electrons. The summed E-state index contributed by atoms with van der Waals surface area (Å²) in [6, 6.07) is -0.461. The Morgan fingerprint density at radius 3 is 1.39 bits per heavy atom. The van der Waals surface area contributed by atoms with Crippen LogP contribution in [-0.2, 0) is 114 Å². The summed E-state index contributed by atoms with van der Waals surface area (Å²) in [5.74, 6) is -5.14. The van der Waals surface area contributed by atoms with Gasteiger partial charge in [0.2, 0.25) is 5.91 Å². The highest BCUT2D eigenvalue weighted by molar-refractivity contribution is 5.79. The fourth-order valence-corrected chi connectivity index (χ4v) is 23.4. The van der Waals surface area contributed by atoms with E-state index in [1.54, 1.807) is 73.6 Å². The van der Waals surface area contributed by atoms with Gasteiger partial charge in [-0.25, -0.2) is 15.8 Å². The predicted octanol–water partition coefficient (Wildman–Crippen LogP) is 12.5. The van der Waals surface area contributed by atoms with Gasteiger partial charge in [0.25, 0.3) is 0 Å². The zero-order chi connectivity index (χ0) is 101. The molecule has 33 heteroatoms. The van der Waals surface area contributed by atoms with Crippen LogP contribution in [0, 0.1) is 53.3 Å². The molecular weight excluding hydrogens is 1810 g/mol. The highest BCUT2D eigenvalue weighted by atomic mass is 16.8. The molecule has 0 aromatic heterocycles. The van der Waals surface area contributed by atoms with Crippen molar-refractivity contribution in [2.75, 3.05) is 61.8 Å². The molecule has 3 amide bonds. The average molecular weight is 1970 g/mol. The van der Waals surface area contributed by atoms with Gasteiger partial charge in [0.05, 0.1) is 105 Å². The number of hydrogen-bond donors (Lipinski definition) is 8. The number of carbonyl (C=O) groups is 4. The summed E-state index contributed by atoms with van der Waals surface area (Å²) in [7, 11) is 8.43. The van der Waals surface area contributed by atoms with E-state index < -0.39 is 163 Å². The molecule has 0 aromatic carbocycles. The number of esters is 2. The fourth-order valence-electron chi connectivity index (χ4n) is 23.4. The van der Waals surface area contributed by atoms with E-state index in [-0.39, 0.29) is 122 Å². The molecule has 33 nitrogen and oxygen atoms in total. The van der Waals surface area contributed by atoms with Gasteiger partial charge in [-0.15, -0.1) is 0 Å². The zero-order valence-electron chi connectivity index (χ0n) is 86.7. The van der Waals surface area contributed by atoms with E-state index in [2.05, 4.69) is 115 Å². The van der Waals surface area contributed by atoms with Crippen molar-refractivity contribution in [1.29, 1.82) is 0 Å². The summed E-state index contributed by atoms with van der Waals surface area (Å²) in [4.78, 5) is 64.0. The molecule has 14 aliphatic rings. The number of hydrogen-bond acceptors (Lipinski definition) is 30. The first-order valence-corrected chi connectivity index (χ1v) is 51.8. The largest absolute Gasteiger partial charge is 0.462 e. The van der Waals surface area contributed by atoms with Gasteiger partial charge >= 0.3 is 18.0 Å². The van der Waals surface area contributed by atoms with Crippen LogP contribution >= 0.6 is 0 Å². The third-order valence-electron chi connectivity index (χ3n) is 31.8. The Morgan fingerprint density at radius 1 is 0.500 bits per heavy atom. The lowest BCUT2D eigenvalue weighted by Gasteiger charge is -2.48.